The molecular formula is C9H13F2NO. The highest BCUT2D eigenvalue weighted by Gasteiger charge is 2.48. The van der Waals surface area contributed by atoms with Gasteiger partial charge in [-0.05, 0) is 12.3 Å². The number of hydrogen-bond acceptors (Lipinski definition) is 1. The lowest BCUT2D eigenvalue weighted by molar-refractivity contribution is -0.130. The van der Waals surface area contributed by atoms with Gasteiger partial charge >= 0.3 is 0 Å². The molecule has 0 saturated heterocycles. The van der Waals surface area contributed by atoms with E-state index in [1.54, 1.807) is 0 Å². The van der Waals surface area contributed by atoms with Crippen molar-refractivity contribution in [2.75, 3.05) is 0 Å². The van der Waals surface area contributed by atoms with Gasteiger partial charge in [0.2, 0.25) is 5.91 Å². The maximum atomic E-state index is 12.4. The van der Waals surface area contributed by atoms with Crippen LogP contribution in [-0.4, -0.2) is 17.9 Å². The molecule has 2 nitrogen and oxygen atoms in total. The summed E-state index contributed by atoms with van der Waals surface area (Å²) in [6.45, 7) is 2.00. The Kier molecular flexibility index (Phi) is 1.82. The predicted molar refractivity (Wildman–Crippen MR) is 43.4 cm³/mol. The Labute approximate surface area is 75.7 Å². The molecular weight excluding hydrogens is 176 g/mol. The molecule has 13 heavy (non-hydrogen) atoms. The molecule has 0 spiro atoms. The first-order valence-electron chi connectivity index (χ1n) is 4.66. The molecule has 0 aromatic rings. The average molecular weight is 189 g/mol. The van der Waals surface area contributed by atoms with Gasteiger partial charge in [-0.15, -0.1) is 0 Å². The number of halogens is 2. The lowest BCUT2D eigenvalue weighted by Crippen LogP contribution is -2.51. The monoisotopic (exact) mass is 189 g/mol. The summed E-state index contributed by atoms with van der Waals surface area (Å²) in [6, 6.07) is -0.282. The zero-order valence-corrected chi connectivity index (χ0v) is 7.52. The highest BCUT2D eigenvalue weighted by Crippen LogP contribution is 2.40. The molecule has 2 fully saturated rings. The van der Waals surface area contributed by atoms with Gasteiger partial charge < -0.3 is 5.32 Å². The van der Waals surface area contributed by atoms with Crippen molar-refractivity contribution < 1.29 is 13.6 Å². The molecule has 0 bridgehead atoms. The number of alkyl halides is 2. The average Bonchev–Trinajstić information content (AvgIpc) is 2.62. The summed E-state index contributed by atoms with van der Waals surface area (Å²) in [5.74, 6) is -2.03. The van der Waals surface area contributed by atoms with Crippen molar-refractivity contribution in [1.29, 1.82) is 0 Å². The second kappa shape index (κ2) is 2.66. The van der Waals surface area contributed by atoms with Crippen LogP contribution in [0.15, 0.2) is 0 Å². The Morgan fingerprint density at radius 1 is 1.46 bits per heavy atom. The number of carbonyl (C=O) groups is 1. The summed E-state index contributed by atoms with van der Waals surface area (Å²) in [5, 5.41) is 2.65. The molecule has 74 valence electrons. The predicted octanol–water partition coefficient (Wildman–Crippen LogP) is 1.56. The van der Waals surface area contributed by atoms with E-state index in [-0.39, 0.29) is 30.7 Å². The second-order valence-electron chi connectivity index (χ2n) is 4.29. The first-order valence-corrected chi connectivity index (χ1v) is 4.66. The van der Waals surface area contributed by atoms with E-state index in [0.717, 1.165) is 6.42 Å². The van der Waals surface area contributed by atoms with E-state index >= 15 is 0 Å². The van der Waals surface area contributed by atoms with Crippen molar-refractivity contribution in [1.82, 2.24) is 5.32 Å². The normalized spacial score (nSPS) is 36.5. The third-order valence-corrected chi connectivity index (χ3v) is 2.88. The fourth-order valence-electron chi connectivity index (χ4n) is 1.76. The molecule has 0 aromatic heterocycles. The van der Waals surface area contributed by atoms with Crippen LogP contribution in [0.3, 0.4) is 0 Å². The summed E-state index contributed by atoms with van der Waals surface area (Å²) >= 11 is 0. The van der Waals surface area contributed by atoms with Gasteiger partial charge in [-0.1, -0.05) is 6.92 Å². The maximum absolute atomic E-state index is 12.4. The molecule has 2 aliphatic rings. The van der Waals surface area contributed by atoms with Gasteiger partial charge in [0.15, 0.2) is 0 Å². The fraction of sp³-hybridized carbons (Fsp3) is 0.889. The van der Waals surface area contributed by atoms with Crippen molar-refractivity contribution >= 4 is 5.91 Å². The lowest BCUT2D eigenvalue weighted by Gasteiger charge is -2.35. The van der Waals surface area contributed by atoms with Gasteiger partial charge in [0, 0.05) is 24.8 Å². The molecule has 2 aliphatic carbocycles. The summed E-state index contributed by atoms with van der Waals surface area (Å²) in [5.41, 5.74) is 0. The molecule has 1 N–H and O–H groups in total. The summed E-state index contributed by atoms with van der Waals surface area (Å²) < 4.78 is 24.8. The molecule has 0 radical (unpaired) electrons. The van der Waals surface area contributed by atoms with E-state index in [9.17, 15) is 13.6 Å². The molecule has 1 amide bonds. The van der Waals surface area contributed by atoms with E-state index in [2.05, 4.69) is 5.32 Å². The Balaban J connectivity index is 1.72. The smallest absolute Gasteiger partial charge is 0.252 e. The first kappa shape index (κ1) is 8.91. The topological polar surface area (TPSA) is 29.1 Å². The third kappa shape index (κ3) is 1.81. The van der Waals surface area contributed by atoms with Crippen molar-refractivity contribution in [3.8, 4) is 0 Å². The van der Waals surface area contributed by atoms with Crippen LogP contribution < -0.4 is 5.32 Å². The van der Waals surface area contributed by atoms with E-state index < -0.39 is 5.92 Å². The van der Waals surface area contributed by atoms with Gasteiger partial charge in [0.05, 0.1) is 0 Å². The zero-order chi connectivity index (χ0) is 9.64. The van der Waals surface area contributed by atoms with Gasteiger partial charge in [0.25, 0.3) is 5.92 Å². The standard InChI is InChI=1S/C9H13F2NO/c1-5-2-7(5)8(13)12-6-3-9(10,11)4-6/h5-7H,2-4H2,1H3,(H,12,13). The van der Waals surface area contributed by atoms with Crippen LogP contribution in [0.25, 0.3) is 0 Å². The van der Waals surface area contributed by atoms with Crippen molar-refractivity contribution in [2.45, 2.75) is 38.2 Å². The molecule has 0 heterocycles. The van der Waals surface area contributed by atoms with Gasteiger partial charge in [0.1, 0.15) is 0 Å². The molecule has 2 atom stereocenters. The molecule has 0 aromatic carbocycles. The van der Waals surface area contributed by atoms with Gasteiger partial charge in [-0.25, -0.2) is 8.78 Å². The van der Waals surface area contributed by atoms with Gasteiger partial charge in [-0.2, -0.15) is 0 Å². The number of carbonyl (C=O) groups excluding carboxylic acids is 1. The van der Waals surface area contributed by atoms with Crippen LogP contribution in [0.1, 0.15) is 26.2 Å². The third-order valence-electron chi connectivity index (χ3n) is 2.88. The van der Waals surface area contributed by atoms with Crippen LogP contribution in [-0.2, 0) is 4.79 Å². The fourth-order valence-corrected chi connectivity index (χ4v) is 1.76. The molecule has 2 unspecified atom stereocenters. The van der Waals surface area contributed by atoms with Crippen molar-refractivity contribution in [2.24, 2.45) is 11.8 Å². The highest BCUT2D eigenvalue weighted by atomic mass is 19.3. The lowest BCUT2D eigenvalue weighted by atomic mass is 9.88. The molecule has 2 saturated carbocycles. The Bertz CT molecular complexity index is 234. The number of hydrogen-bond donors (Lipinski definition) is 1. The minimum absolute atomic E-state index is 0.0343. The van der Waals surface area contributed by atoms with E-state index in [4.69, 9.17) is 0 Å². The Morgan fingerprint density at radius 3 is 2.38 bits per heavy atom. The van der Waals surface area contributed by atoms with Crippen LogP contribution >= 0.6 is 0 Å². The van der Waals surface area contributed by atoms with Gasteiger partial charge in [-0.3, -0.25) is 4.79 Å². The Hall–Kier alpha value is -0.670. The van der Waals surface area contributed by atoms with Crippen molar-refractivity contribution in [3.05, 3.63) is 0 Å². The molecule has 0 aliphatic heterocycles. The van der Waals surface area contributed by atoms with Crippen LogP contribution in [0.5, 0.6) is 0 Å². The largest absolute Gasteiger partial charge is 0.353 e. The van der Waals surface area contributed by atoms with E-state index in [1.807, 2.05) is 6.92 Å². The SMILES string of the molecule is CC1CC1C(=O)NC1CC(F)(F)C1. The van der Waals surface area contributed by atoms with Crippen molar-refractivity contribution in [3.63, 3.8) is 0 Å². The zero-order valence-electron chi connectivity index (χ0n) is 7.52. The van der Waals surface area contributed by atoms with Crippen LogP contribution in [0.4, 0.5) is 8.78 Å². The maximum Gasteiger partial charge on any atom is 0.252 e. The quantitative estimate of drug-likeness (QED) is 0.701. The Morgan fingerprint density at radius 2 is 2.00 bits per heavy atom. The first-order chi connectivity index (χ1) is 5.98. The summed E-state index contributed by atoms with van der Waals surface area (Å²) in [7, 11) is 0. The molecule has 2 rings (SSSR count). The van der Waals surface area contributed by atoms with Crippen LogP contribution in [0, 0.1) is 11.8 Å². The minimum Gasteiger partial charge on any atom is -0.353 e. The van der Waals surface area contributed by atoms with Crippen LogP contribution in [0.2, 0.25) is 0 Å². The summed E-state index contributed by atoms with van der Waals surface area (Å²) in [4.78, 5) is 11.3. The molecule has 4 heteroatoms. The number of nitrogens with one attached hydrogen (secondary N) is 1. The second-order valence-corrected chi connectivity index (χ2v) is 4.29. The number of rotatable bonds is 2. The summed E-state index contributed by atoms with van der Waals surface area (Å²) in [6.07, 6.45) is 0.550. The van der Waals surface area contributed by atoms with E-state index in [1.165, 1.54) is 0 Å². The number of amides is 1. The van der Waals surface area contributed by atoms with E-state index in [0.29, 0.717) is 5.92 Å². The minimum atomic E-state index is -2.53. The highest BCUT2D eigenvalue weighted by molar-refractivity contribution is 5.81.